The summed E-state index contributed by atoms with van der Waals surface area (Å²) in [6, 6.07) is 11.4. The van der Waals surface area contributed by atoms with E-state index in [-0.39, 0.29) is 0 Å². The second-order valence-corrected chi connectivity index (χ2v) is 10.6. The monoisotopic (exact) mass is 346 g/mol. The topological polar surface area (TPSA) is 34.1 Å². The van der Waals surface area contributed by atoms with Gasteiger partial charge in [0.05, 0.1) is 0 Å². The molecule has 0 N–H and O–H groups in total. The third kappa shape index (κ3) is 3.75. The molecule has 0 aliphatic heterocycles. The third-order valence-corrected chi connectivity index (χ3v) is 5.42. The Hall–Kier alpha value is -0.250. The maximum Gasteiger partial charge on any atom is 0.317 e. The molecule has 0 heterocycles. The zero-order chi connectivity index (χ0) is 15.1. The molecule has 1 aromatic rings. The highest BCUT2D eigenvalue weighted by atomic mass is 36.0. The van der Waals surface area contributed by atoms with Gasteiger partial charge in [-0.15, -0.1) is 0 Å². The summed E-state index contributed by atoms with van der Waals surface area (Å²) in [7, 11) is 4.81. The van der Waals surface area contributed by atoms with Crippen LogP contribution in [-0.2, 0) is 13.7 Å². The fraction of sp³-hybridized carbons (Fsp3) is 0.625. The van der Waals surface area contributed by atoms with Gasteiger partial charge in [0.25, 0.3) is 0 Å². The van der Waals surface area contributed by atoms with E-state index >= 15 is 0 Å². The maximum absolute atomic E-state index is 9.16. The first-order valence-electron chi connectivity index (χ1n) is 7.54. The molecule has 0 radical (unpaired) electrons. The molecule has 0 atom stereocenters. The van der Waals surface area contributed by atoms with Crippen LogP contribution in [0.15, 0.2) is 30.3 Å². The molecule has 4 aliphatic rings. The van der Waals surface area contributed by atoms with Crippen molar-refractivity contribution in [2.75, 3.05) is 0 Å². The smallest absolute Gasteiger partial charge is 0.195 e. The molecule has 0 amide bonds. The minimum Gasteiger partial charge on any atom is -0.195 e. The van der Waals surface area contributed by atoms with E-state index in [1.807, 2.05) is 0 Å². The first kappa shape index (κ1) is 15.6. The Morgan fingerprint density at radius 1 is 0.857 bits per heavy atom. The van der Waals surface area contributed by atoms with Gasteiger partial charge < -0.3 is 0 Å². The van der Waals surface area contributed by atoms with Crippen LogP contribution in [0.4, 0.5) is 0 Å². The van der Waals surface area contributed by atoms with Crippen molar-refractivity contribution in [3.63, 3.8) is 0 Å². The standard InChI is InChI=1S/C16H20.Cl2O2S/c1-2-4-15(5-3-1)16-9-12-6-13(10-16)8-14(7-12)11-16;1-5(2,3)4/h1-5,12-14H,6-11H2;. The molecular weight excluding hydrogens is 327 g/mol. The van der Waals surface area contributed by atoms with E-state index in [1.165, 1.54) is 19.3 Å². The molecule has 5 heteroatoms. The van der Waals surface area contributed by atoms with Gasteiger partial charge in [-0.05, 0) is 67.3 Å². The van der Waals surface area contributed by atoms with Crippen LogP contribution in [-0.4, -0.2) is 8.42 Å². The minimum absolute atomic E-state index is 0.593. The van der Waals surface area contributed by atoms with Gasteiger partial charge in [0.2, 0.25) is 0 Å². The van der Waals surface area contributed by atoms with Gasteiger partial charge in [0.15, 0.2) is 0 Å². The summed E-state index contributed by atoms with van der Waals surface area (Å²) in [5.74, 6) is 3.18. The molecule has 0 aromatic heterocycles. The van der Waals surface area contributed by atoms with Crippen molar-refractivity contribution in [3.8, 4) is 0 Å². The van der Waals surface area contributed by atoms with Crippen LogP contribution in [0, 0.1) is 17.8 Å². The third-order valence-electron chi connectivity index (χ3n) is 5.42. The van der Waals surface area contributed by atoms with E-state index < -0.39 is 8.26 Å². The van der Waals surface area contributed by atoms with Crippen LogP contribution >= 0.6 is 21.4 Å². The Morgan fingerprint density at radius 3 is 1.62 bits per heavy atom. The molecule has 1 aromatic carbocycles. The molecule has 4 bridgehead atoms. The summed E-state index contributed by atoms with van der Waals surface area (Å²) >= 11 is 0. The highest BCUT2D eigenvalue weighted by Crippen LogP contribution is 2.60. The largest absolute Gasteiger partial charge is 0.317 e. The molecular formula is C16H20Cl2O2S. The van der Waals surface area contributed by atoms with Crippen LogP contribution < -0.4 is 0 Å². The average molecular weight is 347 g/mol. The maximum atomic E-state index is 9.16. The van der Waals surface area contributed by atoms with Crippen molar-refractivity contribution in [3.05, 3.63) is 35.9 Å². The number of hydrogen-bond donors (Lipinski definition) is 0. The van der Waals surface area contributed by atoms with Crippen LogP contribution in [0.5, 0.6) is 0 Å². The second kappa shape index (κ2) is 5.75. The zero-order valence-electron chi connectivity index (χ0n) is 11.8. The molecule has 116 valence electrons. The van der Waals surface area contributed by atoms with Gasteiger partial charge in [0.1, 0.15) is 0 Å². The lowest BCUT2D eigenvalue weighted by Gasteiger charge is -2.57. The highest BCUT2D eigenvalue weighted by Gasteiger charge is 2.51. The van der Waals surface area contributed by atoms with Crippen molar-refractivity contribution >= 4 is 29.6 Å². The van der Waals surface area contributed by atoms with Crippen molar-refractivity contribution in [2.45, 2.75) is 43.9 Å². The molecule has 5 rings (SSSR count). The van der Waals surface area contributed by atoms with E-state index in [9.17, 15) is 0 Å². The van der Waals surface area contributed by atoms with Gasteiger partial charge in [-0.2, -0.15) is 8.42 Å². The number of halogens is 2. The van der Waals surface area contributed by atoms with Crippen LogP contribution in [0.25, 0.3) is 0 Å². The molecule has 0 spiro atoms. The molecule has 2 nitrogen and oxygen atoms in total. The Morgan fingerprint density at radius 2 is 1.24 bits per heavy atom. The molecule has 4 aliphatic carbocycles. The summed E-state index contributed by atoms with van der Waals surface area (Å²) in [5, 5.41) is 0. The molecule has 21 heavy (non-hydrogen) atoms. The van der Waals surface area contributed by atoms with Crippen molar-refractivity contribution < 1.29 is 8.42 Å². The minimum atomic E-state index is -3.72. The number of hydrogen-bond acceptors (Lipinski definition) is 2. The van der Waals surface area contributed by atoms with Crippen LogP contribution in [0.3, 0.4) is 0 Å². The van der Waals surface area contributed by atoms with Gasteiger partial charge in [-0.3, -0.25) is 0 Å². The van der Waals surface area contributed by atoms with Gasteiger partial charge in [-0.25, -0.2) is 0 Å². The van der Waals surface area contributed by atoms with E-state index in [4.69, 9.17) is 8.42 Å². The van der Waals surface area contributed by atoms with Crippen molar-refractivity contribution in [1.29, 1.82) is 0 Å². The highest BCUT2D eigenvalue weighted by molar-refractivity contribution is 8.31. The number of benzene rings is 1. The Labute approximate surface area is 135 Å². The molecule has 4 saturated carbocycles. The van der Waals surface area contributed by atoms with Crippen LogP contribution in [0.2, 0.25) is 0 Å². The summed E-state index contributed by atoms with van der Waals surface area (Å²) in [4.78, 5) is 0. The lowest BCUT2D eigenvalue weighted by molar-refractivity contribution is -0.00518. The van der Waals surface area contributed by atoms with Crippen molar-refractivity contribution in [2.24, 2.45) is 17.8 Å². The fourth-order valence-electron chi connectivity index (χ4n) is 5.26. The van der Waals surface area contributed by atoms with Gasteiger partial charge in [-0.1, -0.05) is 30.3 Å². The van der Waals surface area contributed by atoms with Gasteiger partial charge >= 0.3 is 8.26 Å². The quantitative estimate of drug-likeness (QED) is 0.680. The summed E-state index contributed by atoms with van der Waals surface area (Å²) in [6.45, 7) is 0. The van der Waals surface area contributed by atoms with Crippen LogP contribution in [0.1, 0.15) is 44.1 Å². The Balaban J connectivity index is 0.000000233. The first-order valence-corrected chi connectivity index (χ1v) is 10.7. The number of rotatable bonds is 1. The predicted octanol–water partition coefficient (Wildman–Crippen LogP) is 4.86. The summed E-state index contributed by atoms with van der Waals surface area (Å²) < 4.78 is 18.3. The Kier molecular flexibility index (Phi) is 4.28. The summed E-state index contributed by atoms with van der Waals surface area (Å²) in [6.07, 6.45) is 9.11. The molecule has 0 saturated heterocycles. The molecule has 0 unspecified atom stereocenters. The van der Waals surface area contributed by atoms with E-state index in [2.05, 4.69) is 51.7 Å². The first-order chi connectivity index (χ1) is 9.84. The Bertz CT molecular complexity index is 555. The van der Waals surface area contributed by atoms with E-state index in [0.29, 0.717) is 5.41 Å². The normalized spacial score (nSPS) is 37.0. The second-order valence-electron chi connectivity index (χ2n) is 6.94. The lowest BCUT2D eigenvalue weighted by Crippen LogP contribution is -2.48. The fourth-order valence-corrected chi connectivity index (χ4v) is 5.26. The zero-order valence-corrected chi connectivity index (χ0v) is 14.2. The summed E-state index contributed by atoms with van der Waals surface area (Å²) in [5.41, 5.74) is 2.24. The average Bonchev–Trinajstić information content (AvgIpc) is 2.36. The van der Waals surface area contributed by atoms with Crippen molar-refractivity contribution in [1.82, 2.24) is 0 Å². The van der Waals surface area contributed by atoms with E-state index in [1.54, 1.807) is 24.8 Å². The van der Waals surface area contributed by atoms with Gasteiger partial charge in [0, 0.05) is 21.4 Å². The molecule has 4 fully saturated rings. The lowest BCUT2D eigenvalue weighted by atomic mass is 9.48. The SMILES string of the molecule is O=S(=O)(Cl)Cl.c1ccc(C23CC4CC(CC(C4)C2)C3)cc1. The van der Waals surface area contributed by atoms with E-state index in [0.717, 1.165) is 17.8 Å². The predicted molar refractivity (Wildman–Crippen MR) is 86.9 cm³/mol.